The smallest absolute Gasteiger partial charge is 0.0727 e. The molecule has 0 fully saturated rings. The molecule has 2 rings (SSSR count). The summed E-state index contributed by atoms with van der Waals surface area (Å²) in [5.41, 5.74) is 3.50. The molecular formula is C15H19Br2N3. The first kappa shape index (κ1) is 15.6. The molecule has 1 aromatic carbocycles. The predicted octanol–water partition coefficient (Wildman–Crippen LogP) is 4.85. The second-order valence-corrected chi connectivity index (χ2v) is 7.67. The van der Waals surface area contributed by atoms with Crippen molar-refractivity contribution in [1.82, 2.24) is 9.78 Å². The van der Waals surface area contributed by atoms with Gasteiger partial charge in [0.15, 0.2) is 0 Å². The summed E-state index contributed by atoms with van der Waals surface area (Å²) in [4.78, 5) is 0. The van der Waals surface area contributed by atoms with Crippen LogP contribution in [-0.4, -0.2) is 9.78 Å². The number of halogens is 2. The van der Waals surface area contributed by atoms with E-state index in [1.807, 2.05) is 23.9 Å². The average Bonchev–Trinajstić information content (AvgIpc) is 2.69. The molecule has 0 spiro atoms. The van der Waals surface area contributed by atoms with E-state index in [-0.39, 0.29) is 5.41 Å². The van der Waals surface area contributed by atoms with Crippen LogP contribution in [-0.2, 0) is 19.0 Å². The molecule has 0 bridgehead atoms. The van der Waals surface area contributed by atoms with Crippen LogP contribution in [0.4, 0.5) is 5.69 Å². The maximum absolute atomic E-state index is 4.59. The van der Waals surface area contributed by atoms with Gasteiger partial charge in [0.2, 0.25) is 0 Å². The van der Waals surface area contributed by atoms with Crippen molar-refractivity contribution in [2.24, 2.45) is 7.05 Å². The van der Waals surface area contributed by atoms with E-state index in [1.54, 1.807) is 0 Å². The molecule has 0 amide bonds. The molecule has 1 heterocycles. The molecule has 1 aromatic heterocycles. The monoisotopic (exact) mass is 399 g/mol. The van der Waals surface area contributed by atoms with Crippen LogP contribution >= 0.6 is 31.9 Å². The lowest BCUT2D eigenvalue weighted by atomic mass is 9.89. The fourth-order valence-electron chi connectivity index (χ4n) is 2.12. The van der Waals surface area contributed by atoms with Crippen LogP contribution in [0.5, 0.6) is 0 Å². The number of rotatable bonds is 3. The van der Waals surface area contributed by atoms with Gasteiger partial charge in [0.25, 0.3) is 0 Å². The zero-order chi connectivity index (χ0) is 14.9. The van der Waals surface area contributed by atoms with Gasteiger partial charge in [-0.1, -0.05) is 36.7 Å². The first-order valence-electron chi connectivity index (χ1n) is 6.49. The van der Waals surface area contributed by atoms with E-state index < -0.39 is 0 Å². The lowest BCUT2D eigenvalue weighted by Gasteiger charge is -2.18. The van der Waals surface area contributed by atoms with Crippen LogP contribution in [0, 0.1) is 0 Å². The predicted molar refractivity (Wildman–Crippen MR) is 91.1 cm³/mol. The fourth-order valence-corrected chi connectivity index (χ4v) is 3.31. The van der Waals surface area contributed by atoms with Crippen molar-refractivity contribution >= 4 is 37.5 Å². The summed E-state index contributed by atoms with van der Waals surface area (Å²) in [6.07, 6.45) is 2.08. The van der Waals surface area contributed by atoms with Gasteiger partial charge in [0.1, 0.15) is 0 Å². The van der Waals surface area contributed by atoms with Gasteiger partial charge < -0.3 is 5.32 Å². The Labute approximate surface area is 137 Å². The van der Waals surface area contributed by atoms with Crippen molar-refractivity contribution < 1.29 is 0 Å². The minimum atomic E-state index is 0.0508. The van der Waals surface area contributed by atoms with E-state index in [0.717, 1.165) is 26.9 Å². The minimum Gasteiger partial charge on any atom is -0.380 e. The summed E-state index contributed by atoms with van der Waals surface area (Å²) in [5, 5.41) is 8.05. The summed E-state index contributed by atoms with van der Waals surface area (Å²) in [6.45, 7) is 7.33. The van der Waals surface area contributed by atoms with Gasteiger partial charge in [-0.2, -0.15) is 5.10 Å². The second kappa shape index (κ2) is 5.90. The Morgan fingerprint density at radius 2 is 1.95 bits per heavy atom. The van der Waals surface area contributed by atoms with Gasteiger partial charge in [-0.05, 0) is 34.1 Å². The third kappa shape index (κ3) is 3.64. The van der Waals surface area contributed by atoms with E-state index in [2.05, 4.69) is 75.3 Å². The SMILES string of the molecule is Cn1cc(CNc2ccc(Br)cc2Br)c(C(C)(C)C)n1. The molecule has 0 aliphatic rings. The Morgan fingerprint density at radius 1 is 1.25 bits per heavy atom. The van der Waals surface area contributed by atoms with Gasteiger partial charge >= 0.3 is 0 Å². The van der Waals surface area contributed by atoms with Crippen molar-refractivity contribution in [2.75, 3.05) is 5.32 Å². The number of nitrogens with one attached hydrogen (secondary N) is 1. The molecule has 5 heteroatoms. The lowest BCUT2D eigenvalue weighted by molar-refractivity contribution is 0.549. The van der Waals surface area contributed by atoms with E-state index in [1.165, 1.54) is 5.56 Å². The number of hydrogen-bond acceptors (Lipinski definition) is 2. The van der Waals surface area contributed by atoms with Gasteiger partial charge in [0.05, 0.1) is 5.69 Å². The number of aromatic nitrogens is 2. The van der Waals surface area contributed by atoms with Gasteiger partial charge in [0, 0.05) is 45.4 Å². The van der Waals surface area contributed by atoms with Crippen molar-refractivity contribution in [2.45, 2.75) is 32.7 Å². The Hall–Kier alpha value is -0.810. The highest BCUT2D eigenvalue weighted by molar-refractivity contribution is 9.11. The number of nitrogens with zero attached hydrogens (tertiary/aromatic N) is 2. The molecule has 3 nitrogen and oxygen atoms in total. The maximum atomic E-state index is 4.59. The first-order valence-corrected chi connectivity index (χ1v) is 8.08. The molecule has 0 unspecified atom stereocenters. The van der Waals surface area contributed by atoms with Crippen molar-refractivity contribution in [1.29, 1.82) is 0 Å². The number of aryl methyl sites for hydroxylation is 1. The zero-order valence-electron chi connectivity index (χ0n) is 12.2. The highest BCUT2D eigenvalue weighted by atomic mass is 79.9. The van der Waals surface area contributed by atoms with Gasteiger partial charge in [-0.25, -0.2) is 0 Å². The molecule has 0 saturated carbocycles. The molecule has 0 aliphatic carbocycles. The Kier molecular flexibility index (Phi) is 4.59. The minimum absolute atomic E-state index is 0.0508. The summed E-state index contributed by atoms with van der Waals surface area (Å²) in [6, 6.07) is 6.12. The summed E-state index contributed by atoms with van der Waals surface area (Å²) in [7, 11) is 1.97. The van der Waals surface area contributed by atoms with Crippen LogP contribution in [0.3, 0.4) is 0 Å². The molecule has 0 atom stereocenters. The molecule has 0 aliphatic heterocycles. The maximum Gasteiger partial charge on any atom is 0.0727 e. The average molecular weight is 401 g/mol. The number of anilines is 1. The summed E-state index contributed by atoms with van der Waals surface area (Å²) in [5.74, 6) is 0. The molecule has 0 radical (unpaired) electrons. The molecule has 108 valence electrons. The Morgan fingerprint density at radius 3 is 2.55 bits per heavy atom. The number of benzene rings is 1. The zero-order valence-corrected chi connectivity index (χ0v) is 15.3. The van der Waals surface area contributed by atoms with E-state index in [0.29, 0.717) is 0 Å². The molecular weight excluding hydrogens is 382 g/mol. The topological polar surface area (TPSA) is 29.9 Å². The van der Waals surface area contributed by atoms with Crippen molar-refractivity contribution in [3.63, 3.8) is 0 Å². The molecule has 2 aromatic rings. The largest absolute Gasteiger partial charge is 0.380 e. The van der Waals surface area contributed by atoms with E-state index in [4.69, 9.17) is 0 Å². The quantitative estimate of drug-likeness (QED) is 0.797. The number of hydrogen-bond donors (Lipinski definition) is 1. The molecule has 1 N–H and O–H groups in total. The van der Waals surface area contributed by atoms with Crippen molar-refractivity contribution in [3.8, 4) is 0 Å². The van der Waals surface area contributed by atoms with Crippen LogP contribution in [0.15, 0.2) is 33.3 Å². The fraction of sp³-hybridized carbons (Fsp3) is 0.400. The molecule has 20 heavy (non-hydrogen) atoms. The third-order valence-corrected chi connectivity index (χ3v) is 4.16. The highest BCUT2D eigenvalue weighted by Gasteiger charge is 2.21. The van der Waals surface area contributed by atoms with Gasteiger partial charge in [-0.15, -0.1) is 0 Å². The summed E-state index contributed by atoms with van der Waals surface area (Å²) >= 11 is 7.03. The normalized spacial score (nSPS) is 11.7. The standard InChI is InChI=1S/C15H19Br2N3/c1-15(2,3)14-10(9-20(4)19-14)8-18-13-6-5-11(16)7-12(13)17/h5-7,9,18H,8H2,1-4H3. The highest BCUT2D eigenvalue weighted by Crippen LogP contribution is 2.28. The summed E-state index contributed by atoms with van der Waals surface area (Å²) < 4.78 is 3.99. The first-order chi connectivity index (χ1) is 9.27. The Bertz CT molecular complexity index is 612. The lowest BCUT2D eigenvalue weighted by Crippen LogP contribution is -2.16. The Balaban J connectivity index is 2.19. The third-order valence-electron chi connectivity index (χ3n) is 3.02. The van der Waals surface area contributed by atoms with E-state index in [9.17, 15) is 0 Å². The van der Waals surface area contributed by atoms with Crippen LogP contribution in [0.1, 0.15) is 32.0 Å². The molecule has 0 saturated heterocycles. The van der Waals surface area contributed by atoms with Gasteiger partial charge in [-0.3, -0.25) is 4.68 Å². The van der Waals surface area contributed by atoms with Crippen molar-refractivity contribution in [3.05, 3.63) is 44.6 Å². The van der Waals surface area contributed by atoms with E-state index >= 15 is 0 Å². The van der Waals surface area contributed by atoms with Crippen LogP contribution < -0.4 is 5.32 Å². The van der Waals surface area contributed by atoms with Crippen LogP contribution in [0.25, 0.3) is 0 Å². The van der Waals surface area contributed by atoms with Crippen LogP contribution in [0.2, 0.25) is 0 Å². The second-order valence-electron chi connectivity index (χ2n) is 5.90.